The largest absolute Gasteiger partial charge is 0.337 e. The topological polar surface area (TPSA) is 56.0 Å². The molecule has 6 heteroatoms. The maximum Gasteiger partial charge on any atom is 0.201 e. The van der Waals surface area contributed by atoms with Gasteiger partial charge in [0.2, 0.25) is 5.78 Å². The highest BCUT2D eigenvalue weighted by molar-refractivity contribution is 5.94. The zero-order valence-corrected chi connectivity index (χ0v) is 24.5. The number of ketones is 1. The molecule has 1 aliphatic rings. The molecule has 0 bridgehead atoms. The van der Waals surface area contributed by atoms with Gasteiger partial charge in [-0.15, -0.1) is 0 Å². The number of imidazole rings is 2. The molecule has 5 rings (SSSR count). The van der Waals surface area contributed by atoms with Gasteiger partial charge >= 0.3 is 0 Å². The third-order valence-corrected chi connectivity index (χ3v) is 6.57. The third kappa shape index (κ3) is 11.0. The van der Waals surface area contributed by atoms with E-state index in [2.05, 4.69) is 62.9 Å². The summed E-state index contributed by atoms with van der Waals surface area (Å²) < 4.78 is 4.10. The second-order valence-electron chi connectivity index (χ2n) is 9.16. The van der Waals surface area contributed by atoms with Gasteiger partial charge in [0.15, 0.2) is 5.82 Å². The van der Waals surface area contributed by atoms with Gasteiger partial charge in [-0.2, -0.15) is 0 Å². The van der Waals surface area contributed by atoms with Gasteiger partial charge in [0.25, 0.3) is 0 Å². The first-order valence-electron chi connectivity index (χ1n) is 14.5. The van der Waals surface area contributed by atoms with E-state index < -0.39 is 0 Å². The molecule has 0 unspecified atom stereocenters. The molecule has 0 aliphatic carbocycles. The summed E-state index contributed by atoms with van der Waals surface area (Å²) in [5.41, 5.74) is 2.66. The average molecular weight is 530 g/mol. The van der Waals surface area contributed by atoms with Gasteiger partial charge in [-0.05, 0) is 56.9 Å². The summed E-state index contributed by atoms with van der Waals surface area (Å²) >= 11 is 0. The van der Waals surface area contributed by atoms with Crippen LogP contribution in [0.25, 0.3) is 0 Å². The first-order chi connectivity index (χ1) is 19.2. The van der Waals surface area contributed by atoms with Crippen LogP contribution >= 0.6 is 0 Å². The van der Waals surface area contributed by atoms with Crippen molar-refractivity contribution >= 4 is 5.78 Å². The van der Waals surface area contributed by atoms with E-state index in [0.717, 1.165) is 51.9 Å². The van der Waals surface area contributed by atoms with Crippen LogP contribution in [0.4, 0.5) is 0 Å². The number of likely N-dealkylation sites (tertiary alicyclic amines) is 1. The summed E-state index contributed by atoms with van der Waals surface area (Å²) in [6, 6.07) is 20.9. The molecule has 210 valence electrons. The maximum atomic E-state index is 12.7. The van der Waals surface area contributed by atoms with E-state index in [0.29, 0.717) is 5.82 Å². The smallest absolute Gasteiger partial charge is 0.201 e. The number of nitrogens with zero attached hydrogens (tertiary/aromatic N) is 5. The summed E-state index contributed by atoms with van der Waals surface area (Å²) in [4.78, 5) is 23.3. The van der Waals surface area contributed by atoms with Crippen molar-refractivity contribution in [2.75, 3.05) is 20.1 Å². The molecule has 0 amide bonds. The zero-order chi connectivity index (χ0) is 28.3. The molecule has 2 aromatic carbocycles. The summed E-state index contributed by atoms with van der Waals surface area (Å²) in [6.07, 6.45) is 13.2. The average Bonchev–Trinajstić information content (AvgIpc) is 3.71. The maximum absolute atomic E-state index is 12.7. The second-order valence-corrected chi connectivity index (χ2v) is 9.16. The molecular weight excluding hydrogens is 482 g/mol. The summed E-state index contributed by atoms with van der Waals surface area (Å²) in [7, 11) is 2.11. The van der Waals surface area contributed by atoms with E-state index in [1.165, 1.54) is 11.1 Å². The molecular formula is C33H47N5O. The molecule has 2 aromatic heterocycles. The van der Waals surface area contributed by atoms with Crippen LogP contribution in [0.15, 0.2) is 91.8 Å². The van der Waals surface area contributed by atoms with Crippen molar-refractivity contribution in [3.05, 3.63) is 109 Å². The number of rotatable bonds is 8. The number of benzene rings is 2. The SMILES string of the molecule is CC.CC.CN1CCC(C(=O)c2nccn2CCc2ccccc2)CC1.c1ccc(CCn2ccnc2)cc1. The zero-order valence-electron chi connectivity index (χ0n) is 24.5. The minimum Gasteiger partial charge on any atom is -0.337 e. The molecule has 0 spiro atoms. The molecule has 1 saturated heterocycles. The van der Waals surface area contributed by atoms with Gasteiger partial charge in [0.05, 0.1) is 6.33 Å². The van der Waals surface area contributed by atoms with Gasteiger partial charge in [-0.25, -0.2) is 9.97 Å². The van der Waals surface area contributed by atoms with Gasteiger partial charge in [0.1, 0.15) is 0 Å². The molecule has 3 heterocycles. The minimum atomic E-state index is 0.133. The molecule has 0 saturated carbocycles. The normalized spacial score (nSPS) is 13.2. The van der Waals surface area contributed by atoms with E-state index in [-0.39, 0.29) is 11.7 Å². The minimum absolute atomic E-state index is 0.133. The van der Waals surface area contributed by atoms with Crippen molar-refractivity contribution in [3.8, 4) is 0 Å². The Hall–Kier alpha value is -3.51. The fourth-order valence-electron chi connectivity index (χ4n) is 4.38. The van der Waals surface area contributed by atoms with Crippen LogP contribution in [0.5, 0.6) is 0 Å². The van der Waals surface area contributed by atoms with E-state index in [9.17, 15) is 4.79 Å². The molecule has 4 aromatic rings. The lowest BCUT2D eigenvalue weighted by atomic mass is 9.92. The van der Waals surface area contributed by atoms with Gasteiger partial charge < -0.3 is 14.0 Å². The molecule has 6 nitrogen and oxygen atoms in total. The number of aryl methyl sites for hydroxylation is 4. The van der Waals surface area contributed by atoms with Crippen molar-refractivity contribution in [1.82, 2.24) is 24.0 Å². The lowest BCUT2D eigenvalue weighted by Crippen LogP contribution is -2.34. The van der Waals surface area contributed by atoms with Crippen molar-refractivity contribution in [2.45, 2.75) is 66.5 Å². The highest BCUT2D eigenvalue weighted by Gasteiger charge is 2.27. The lowest BCUT2D eigenvalue weighted by Gasteiger charge is -2.27. The van der Waals surface area contributed by atoms with Crippen LogP contribution < -0.4 is 0 Å². The number of hydrogen-bond donors (Lipinski definition) is 0. The number of Topliss-reactive ketones (excluding diaryl/α,β-unsaturated/α-hetero) is 1. The second kappa shape index (κ2) is 18.7. The molecule has 0 N–H and O–H groups in total. The van der Waals surface area contributed by atoms with Crippen LogP contribution in [0.3, 0.4) is 0 Å². The molecule has 0 atom stereocenters. The van der Waals surface area contributed by atoms with Crippen LogP contribution in [0, 0.1) is 5.92 Å². The third-order valence-electron chi connectivity index (χ3n) is 6.57. The monoisotopic (exact) mass is 529 g/mol. The number of hydrogen-bond acceptors (Lipinski definition) is 4. The Bertz CT molecular complexity index is 1130. The van der Waals surface area contributed by atoms with E-state index in [1.807, 2.05) is 81.4 Å². The number of carbonyl (C=O) groups excluding carboxylic acids is 1. The Morgan fingerprint density at radius 2 is 1.36 bits per heavy atom. The Morgan fingerprint density at radius 1 is 0.795 bits per heavy atom. The van der Waals surface area contributed by atoms with E-state index >= 15 is 0 Å². The predicted octanol–water partition coefficient (Wildman–Crippen LogP) is 6.83. The van der Waals surface area contributed by atoms with Crippen molar-refractivity contribution in [1.29, 1.82) is 0 Å². The fraction of sp³-hybridized carbons (Fsp3) is 0.424. The summed E-state index contributed by atoms with van der Waals surface area (Å²) in [5, 5.41) is 0. The first-order valence-corrected chi connectivity index (χ1v) is 14.5. The number of aromatic nitrogens is 4. The lowest BCUT2D eigenvalue weighted by molar-refractivity contribution is 0.0841. The number of carbonyl (C=O) groups is 1. The van der Waals surface area contributed by atoms with Crippen LogP contribution in [0.2, 0.25) is 0 Å². The summed E-state index contributed by atoms with van der Waals surface area (Å²) in [5.74, 6) is 0.978. The summed E-state index contributed by atoms with van der Waals surface area (Å²) in [6.45, 7) is 11.8. The molecule has 1 fully saturated rings. The molecule has 1 aliphatic heterocycles. The van der Waals surface area contributed by atoms with Gasteiger partial charge in [0, 0.05) is 43.8 Å². The van der Waals surface area contributed by atoms with Gasteiger partial charge in [-0.1, -0.05) is 88.4 Å². The van der Waals surface area contributed by atoms with Crippen molar-refractivity contribution in [3.63, 3.8) is 0 Å². The predicted molar refractivity (Wildman–Crippen MR) is 162 cm³/mol. The van der Waals surface area contributed by atoms with E-state index in [4.69, 9.17) is 0 Å². The van der Waals surface area contributed by atoms with Gasteiger partial charge in [-0.3, -0.25) is 4.79 Å². The highest BCUT2D eigenvalue weighted by Crippen LogP contribution is 2.20. The number of piperidine rings is 1. The Balaban J connectivity index is 0.000000267. The highest BCUT2D eigenvalue weighted by atomic mass is 16.1. The van der Waals surface area contributed by atoms with Crippen molar-refractivity contribution < 1.29 is 4.79 Å². The standard InChI is InChI=1S/C18H23N3O.C11H12N2.2C2H6/c1-20-11-8-16(9-12-20)17(22)18-19-10-14-21(18)13-7-15-5-3-2-4-6-15;1-2-4-11(5-3-1)6-8-13-9-7-12-10-13;2*1-2/h2-6,10,14,16H,7-9,11-13H2,1H3;1-5,7,9-10H,6,8H2;2*1-2H3. The van der Waals surface area contributed by atoms with E-state index in [1.54, 1.807) is 6.20 Å². The first kappa shape index (κ1) is 31.7. The Kier molecular flexibility index (Phi) is 15.2. The quantitative estimate of drug-likeness (QED) is 0.235. The Morgan fingerprint density at radius 3 is 1.90 bits per heavy atom. The van der Waals surface area contributed by atoms with Crippen LogP contribution in [0.1, 0.15) is 62.3 Å². The fourth-order valence-corrected chi connectivity index (χ4v) is 4.38. The van der Waals surface area contributed by atoms with Crippen LogP contribution in [-0.2, 0) is 25.9 Å². The Labute approximate surface area is 235 Å². The van der Waals surface area contributed by atoms with Crippen molar-refractivity contribution in [2.24, 2.45) is 5.92 Å². The molecule has 39 heavy (non-hydrogen) atoms. The van der Waals surface area contributed by atoms with Crippen LogP contribution in [-0.4, -0.2) is 49.9 Å². The molecule has 0 radical (unpaired) electrons.